The fraction of sp³-hybridized carbons (Fsp3) is 0.583. The van der Waals surface area contributed by atoms with Gasteiger partial charge in [0.05, 0.1) is 18.2 Å². The van der Waals surface area contributed by atoms with Crippen LogP contribution in [0.3, 0.4) is 0 Å². The maximum absolute atomic E-state index is 15.6. The summed E-state index contributed by atoms with van der Waals surface area (Å²) in [5, 5.41) is 5.61. The number of pyridine rings is 1. The third kappa shape index (κ3) is 8.36. The molecule has 0 unspecified atom stereocenters. The minimum Gasteiger partial charge on any atom is -0.481 e. The number of amides is 3. The van der Waals surface area contributed by atoms with E-state index in [1.165, 1.54) is 12.1 Å². The summed E-state index contributed by atoms with van der Waals surface area (Å²) in [6, 6.07) is 7.31. The number of rotatable bonds is 13. The second-order valence-electron chi connectivity index (χ2n) is 13.4. The molecule has 1 aromatic heterocycles. The van der Waals surface area contributed by atoms with E-state index < -0.39 is 23.2 Å². The molecule has 10 nitrogen and oxygen atoms in total. The molecule has 0 bridgehead atoms. The van der Waals surface area contributed by atoms with Gasteiger partial charge in [-0.15, -0.1) is 0 Å². The van der Waals surface area contributed by atoms with Crippen molar-refractivity contribution in [2.75, 3.05) is 45.7 Å². The van der Waals surface area contributed by atoms with Gasteiger partial charge in [-0.05, 0) is 61.9 Å². The highest BCUT2D eigenvalue weighted by Gasteiger charge is 2.52. The Morgan fingerprint density at radius 2 is 1.77 bits per heavy atom. The molecule has 2 aliphatic carbocycles. The number of benzene rings is 1. The van der Waals surface area contributed by atoms with Crippen LogP contribution in [0, 0.1) is 17.7 Å². The second kappa shape index (κ2) is 15.4. The molecule has 1 saturated heterocycles. The number of aromatic nitrogens is 1. The Morgan fingerprint density at radius 3 is 2.36 bits per heavy atom. The van der Waals surface area contributed by atoms with Gasteiger partial charge in [-0.2, -0.15) is 0 Å². The number of halogens is 1. The largest absolute Gasteiger partial charge is 0.481 e. The van der Waals surface area contributed by atoms with Crippen molar-refractivity contribution in [3.8, 4) is 5.88 Å². The first-order valence-electron chi connectivity index (χ1n) is 17.0. The van der Waals surface area contributed by atoms with Crippen LogP contribution in [-0.4, -0.2) is 84.7 Å². The Hall–Kier alpha value is -3.86. The number of Topliss-reactive ketones (excluding diaryl/α,β-unsaturated/α-hetero) is 1. The summed E-state index contributed by atoms with van der Waals surface area (Å²) in [7, 11) is 3.55. The van der Waals surface area contributed by atoms with Crippen LogP contribution in [0.2, 0.25) is 0 Å². The number of piperazine rings is 1. The SMILES string of the molecule is CCC(=O)N[C@H](Cc1ccc(NC(=O)[C@@H](CC(=O)C2(c3ccc(OC)nc3)CC2)C2CCCCC2)c(F)c1)C(=O)N1CCN(C)CC1. The molecule has 0 radical (unpaired) electrons. The zero-order valence-electron chi connectivity index (χ0n) is 27.9. The molecule has 2 N–H and O–H groups in total. The molecule has 2 heterocycles. The normalized spacial score (nSPS) is 19.4. The van der Waals surface area contributed by atoms with Crippen molar-refractivity contribution in [1.82, 2.24) is 20.1 Å². The fourth-order valence-electron chi connectivity index (χ4n) is 7.03. The van der Waals surface area contributed by atoms with E-state index in [1.807, 2.05) is 13.1 Å². The second-order valence-corrected chi connectivity index (χ2v) is 13.4. The number of methoxy groups -OCH3 is 1. The molecule has 2 saturated carbocycles. The average molecular weight is 650 g/mol. The van der Waals surface area contributed by atoms with Crippen LogP contribution in [0.4, 0.5) is 10.1 Å². The van der Waals surface area contributed by atoms with Gasteiger partial charge >= 0.3 is 0 Å². The van der Waals surface area contributed by atoms with Crippen molar-refractivity contribution in [3.63, 3.8) is 0 Å². The Labute approximate surface area is 276 Å². The molecule has 3 aliphatic rings. The van der Waals surface area contributed by atoms with Gasteiger partial charge in [0.1, 0.15) is 17.6 Å². The molecular formula is C36H48FN5O5. The molecule has 5 rings (SSSR count). The molecule has 0 spiro atoms. The van der Waals surface area contributed by atoms with Crippen LogP contribution in [0.15, 0.2) is 36.5 Å². The van der Waals surface area contributed by atoms with Crippen LogP contribution in [0.25, 0.3) is 0 Å². The Bertz CT molecular complexity index is 1430. The fourth-order valence-corrected chi connectivity index (χ4v) is 7.03. The van der Waals surface area contributed by atoms with Crippen LogP contribution in [0.5, 0.6) is 5.88 Å². The number of carbonyl (C=O) groups is 4. The van der Waals surface area contributed by atoms with E-state index in [9.17, 15) is 19.2 Å². The minimum absolute atomic E-state index is 0.0243. The van der Waals surface area contributed by atoms with E-state index in [0.29, 0.717) is 37.4 Å². The lowest BCUT2D eigenvalue weighted by Gasteiger charge is -2.34. The number of likely N-dealkylation sites (N-methyl/N-ethyl adjacent to an activating group) is 1. The summed E-state index contributed by atoms with van der Waals surface area (Å²) in [6.07, 6.45) is 8.39. The predicted octanol–water partition coefficient (Wildman–Crippen LogP) is 4.27. The number of carbonyl (C=O) groups excluding carboxylic acids is 4. The van der Waals surface area contributed by atoms with Crippen molar-refractivity contribution in [1.29, 1.82) is 0 Å². The number of nitrogens with zero attached hydrogens (tertiary/aromatic N) is 3. The molecule has 3 fully saturated rings. The lowest BCUT2D eigenvalue weighted by molar-refractivity contribution is -0.137. The summed E-state index contributed by atoms with van der Waals surface area (Å²) in [5.74, 6) is -1.43. The number of ether oxygens (including phenoxy) is 1. The summed E-state index contributed by atoms with van der Waals surface area (Å²) >= 11 is 0. The third-order valence-corrected chi connectivity index (χ3v) is 10.2. The van der Waals surface area contributed by atoms with Crippen molar-refractivity contribution in [2.45, 2.75) is 82.6 Å². The highest BCUT2D eigenvalue weighted by Crippen LogP contribution is 2.51. The topological polar surface area (TPSA) is 121 Å². The Kier molecular flexibility index (Phi) is 11.3. The molecule has 3 amide bonds. The third-order valence-electron chi connectivity index (χ3n) is 10.2. The number of ketones is 1. The Balaban J connectivity index is 1.28. The van der Waals surface area contributed by atoms with Gasteiger partial charge in [0, 0.05) is 63.6 Å². The number of hydrogen-bond donors (Lipinski definition) is 2. The molecular weight excluding hydrogens is 601 g/mol. The molecule has 1 aliphatic heterocycles. The van der Waals surface area contributed by atoms with E-state index >= 15 is 4.39 Å². The zero-order chi connectivity index (χ0) is 33.6. The lowest BCUT2D eigenvalue weighted by Crippen LogP contribution is -2.54. The molecule has 2 atom stereocenters. The quantitative estimate of drug-likeness (QED) is 0.333. The molecule has 254 valence electrons. The monoisotopic (exact) mass is 649 g/mol. The molecule has 1 aromatic carbocycles. The smallest absolute Gasteiger partial charge is 0.245 e. The van der Waals surface area contributed by atoms with Crippen molar-refractivity contribution < 1.29 is 28.3 Å². The Morgan fingerprint density at radius 1 is 1.04 bits per heavy atom. The lowest BCUT2D eigenvalue weighted by atomic mass is 9.75. The molecule has 2 aromatic rings. The van der Waals surface area contributed by atoms with Crippen LogP contribution < -0.4 is 15.4 Å². The van der Waals surface area contributed by atoms with Crippen molar-refractivity contribution in [2.24, 2.45) is 11.8 Å². The predicted molar refractivity (Wildman–Crippen MR) is 176 cm³/mol. The molecule has 11 heteroatoms. The first-order valence-corrected chi connectivity index (χ1v) is 17.0. The van der Waals surface area contributed by atoms with Crippen LogP contribution in [0.1, 0.15) is 75.8 Å². The highest BCUT2D eigenvalue weighted by molar-refractivity contribution is 5.99. The van der Waals surface area contributed by atoms with Crippen LogP contribution in [-0.2, 0) is 31.0 Å². The zero-order valence-corrected chi connectivity index (χ0v) is 27.9. The molecule has 47 heavy (non-hydrogen) atoms. The summed E-state index contributed by atoms with van der Waals surface area (Å²) in [6.45, 7) is 4.34. The highest BCUT2D eigenvalue weighted by atomic mass is 19.1. The van der Waals surface area contributed by atoms with Gasteiger partial charge in [-0.25, -0.2) is 9.37 Å². The van der Waals surface area contributed by atoms with E-state index in [1.54, 1.807) is 37.3 Å². The van der Waals surface area contributed by atoms with E-state index in [0.717, 1.165) is 50.8 Å². The summed E-state index contributed by atoms with van der Waals surface area (Å²) in [5.41, 5.74) is 0.774. The van der Waals surface area contributed by atoms with Gasteiger partial charge in [0.15, 0.2) is 0 Å². The van der Waals surface area contributed by atoms with E-state index in [-0.39, 0.29) is 54.4 Å². The maximum atomic E-state index is 15.6. The maximum Gasteiger partial charge on any atom is 0.245 e. The summed E-state index contributed by atoms with van der Waals surface area (Å²) in [4.78, 5) is 61.5. The van der Waals surface area contributed by atoms with Gasteiger partial charge in [0.25, 0.3) is 0 Å². The number of anilines is 1. The van der Waals surface area contributed by atoms with Gasteiger partial charge in [-0.1, -0.05) is 38.3 Å². The first-order chi connectivity index (χ1) is 22.6. The van der Waals surface area contributed by atoms with Gasteiger partial charge < -0.3 is 25.2 Å². The average Bonchev–Trinajstić information content (AvgIpc) is 3.90. The first kappa shape index (κ1) is 34.5. The standard InChI is InChI=1S/C36H48FN5O5/c1-4-32(44)39-30(35(46)42-18-16-41(2)17-19-42)21-24-10-12-29(28(37)20-24)40-34(45)27(25-8-6-5-7-9-25)22-31(43)36(14-15-36)26-11-13-33(47-3)38-23-26/h10-13,20,23,25,27,30H,4-9,14-19,21-22H2,1-3H3,(H,39,44)(H,40,45)/t27-,30+/m0/s1. The van der Waals surface area contributed by atoms with Crippen molar-refractivity contribution >= 4 is 29.2 Å². The number of nitrogens with one attached hydrogen (secondary N) is 2. The van der Waals surface area contributed by atoms with Crippen LogP contribution >= 0.6 is 0 Å². The van der Waals surface area contributed by atoms with Gasteiger partial charge in [0.2, 0.25) is 23.6 Å². The van der Waals surface area contributed by atoms with E-state index in [4.69, 9.17) is 4.74 Å². The van der Waals surface area contributed by atoms with E-state index in [2.05, 4.69) is 20.5 Å². The minimum atomic E-state index is -0.817. The number of hydrogen-bond acceptors (Lipinski definition) is 7. The summed E-state index contributed by atoms with van der Waals surface area (Å²) < 4.78 is 20.7. The van der Waals surface area contributed by atoms with Crippen molar-refractivity contribution in [3.05, 3.63) is 53.5 Å². The van der Waals surface area contributed by atoms with Gasteiger partial charge in [-0.3, -0.25) is 19.2 Å².